The Kier molecular flexibility index (Phi) is 4.37. The number of carbonyl (C=O) groups is 1. The Bertz CT molecular complexity index is 715. The van der Waals surface area contributed by atoms with Crippen LogP contribution < -0.4 is 20.1 Å². The van der Waals surface area contributed by atoms with Gasteiger partial charge in [0.15, 0.2) is 11.5 Å². The van der Waals surface area contributed by atoms with Crippen molar-refractivity contribution in [1.82, 2.24) is 5.32 Å². The topological polar surface area (TPSA) is 59.6 Å². The number of ether oxygens (including phenoxy) is 2. The van der Waals surface area contributed by atoms with Gasteiger partial charge in [0, 0.05) is 5.69 Å². The number of carbonyl (C=O) groups excluding carboxylic acids is 1. The summed E-state index contributed by atoms with van der Waals surface area (Å²) in [5.74, 6) is 1.28. The first kappa shape index (κ1) is 15.2. The fraction of sp³-hybridized carbons (Fsp3) is 0.278. The lowest BCUT2D eigenvalue weighted by molar-refractivity contribution is 0.0935. The highest BCUT2D eigenvalue weighted by atomic mass is 16.5. The number of methoxy groups -OCH3 is 1. The van der Waals surface area contributed by atoms with Crippen LogP contribution in [0.3, 0.4) is 0 Å². The molecule has 0 fully saturated rings. The van der Waals surface area contributed by atoms with E-state index < -0.39 is 0 Å². The molecule has 1 heterocycles. The van der Waals surface area contributed by atoms with Crippen molar-refractivity contribution in [3.05, 3.63) is 53.6 Å². The van der Waals surface area contributed by atoms with E-state index in [1.165, 1.54) is 0 Å². The van der Waals surface area contributed by atoms with E-state index in [1.807, 2.05) is 36.4 Å². The molecule has 0 saturated heterocycles. The summed E-state index contributed by atoms with van der Waals surface area (Å²) in [5.41, 5.74) is 2.39. The molecular weight excluding hydrogens is 292 g/mol. The predicted molar refractivity (Wildman–Crippen MR) is 89.1 cm³/mol. The van der Waals surface area contributed by atoms with Gasteiger partial charge in [-0.2, -0.15) is 0 Å². The van der Waals surface area contributed by atoms with Gasteiger partial charge in [-0.05, 0) is 36.2 Å². The van der Waals surface area contributed by atoms with Crippen molar-refractivity contribution in [2.45, 2.75) is 19.5 Å². The molecule has 2 aromatic rings. The summed E-state index contributed by atoms with van der Waals surface area (Å²) in [6, 6.07) is 13.1. The summed E-state index contributed by atoms with van der Waals surface area (Å²) in [6.07, 6.45) is 0.633. The SMILES string of the molecule is CCCOc1ccc([C@H]2NC(=O)c3ccccc3N2)cc1OC. The van der Waals surface area contributed by atoms with Crippen LogP contribution in [-0.4, -0.2) is 19.6 Å². The predicted octanol–water partition coefficient (Wildman–Crippen LogP) is 3.34. The fourth-order valence-corrected chi connectivity index (χ4v) is 2.57. The quantitative estimate of drug-likeness (QED) is 0.889. The van der Waals surface area contributed by atoms with E-state index in [2.05, 4.69) is 17.6 Å². The van der Waals surface area contributed by atoms with E-state index in [1.54, 1.807) is 13.2 Å². The summed E-state index contributed by atoms with van der Waals surface area (Å²) < 4.78 is 11.1. The first-order chi connectivity index (χ1) is 11.2. The normalized spacial score (nSPS) is 16.1. The molecular formula is C18H20N2O3. The number of benzene rings is 2. The second-order valence-corrected chi connectivity index (χ2v) is 5.36. The molecule has 1 aliphatic heterocycles. The summed E-state index contributed by atoms with van der Waals surface area (Å²) >= 11 is 0. The highest BCUT2D eigenvalue weighted by Crippen LogP contribution is 2.33. The first-order valence-corrected chi connectivity index (χ1v) is 7.70. The van der Waals surface area contributed by atoms with Gasteiger partial charge in [0.05, 0.1) is 19.3 Å². The molecule has 1 aliphatic rings. The van der Waals surface area contributed by atoms with Gasteiger partial charge in [-0.3, -0.25) is 4.79 Å². The molecule has 2 aromatic carbocycles. The van der Waals surface area contributed by atoms with Gasteiger partial charge in [-0.25, -0.2) is 0 Å². The lowest BCUT2D eigenvalue weighted by atomic mass is 10.1. The van der Waals surface area contributed by atoms with E-state index in [9.17, 15) is 4.79 Å². The van der Waals surface area contributed by atoms with Gasteiger partial charge in [0.2, 0.25) is 0 Å². The molecule has 1 amide bonds. The third-order valence-corrected chi connectivity index (χ3v) is 3.73. The molecule has 2 N–H and O–H groups in total. The maximum Gasteiger partial charge on any atom is 0.255 e. The molecule has 120 valence electrons. The Morgan fingerprint density at radius 2 is 1.91 bits per heavy atom. The molecule has 0 aromatic heterocycles. The molecule has 3 rings (SSSR count). The molecule has 0 bridgehead atoms. The van der Waals surface area contributed by atoms with Crippen LogP contribution >= 0.6 is 0 Å². The number of hydrogen-bond acceptors (Lipinski definition) is 4. The van der Waals surface area contributed by atoms with Crippen LogP contribution in [0, 0.1) is 0 Å². The maximum atomic E-state index is 12.2. The summed E-state index contributed by atoms with van der Waals surface area (Å²) in [6.45, 7) is 2.70. The summed E-state index contributed by atoms with van der Waals surface area (Å²) in [5, 5.41) is 6.29. The average molecular weight is 312 g/mol. The van der Waals surface area contributed by atoms with Crippen molar-refractivity contribution in [2.24, 2.45) is 0 Å². The Balaban J connectivity index is 1.86. The average Bonchev–Trinajstić information content (AvgIpc) is 2.59. The van der Waals surface area contributed by atoms with Crippen LogP contribution in [0.2, 0.25) is 0 Å². The monoisotopic (exact) mass is 312 g/mol. The molecule has 0 aliphatic carbocycles. The molecule has 5 heteroatoms. The van der Waals surface area contributed by atoms with Crippen LogP contribution in [0.4, 0.5) is 5.69 Å². The Labute approximate surface area is 135 Å². The molecule has 0 unspecified atom stereocenters. The molecule has 23 heavy (non-hydrogen) atoms. The number of hydrogen-bond donors (Lipinski definition) is 2. The summed E-state index contributed by atoms with van der Waals surface area (Å²) in [7, 11) is 1.61. The fourth-order valence-electron chi connectivity index (χ4n) is 2.57. The third kappa shape index (κ3) is 3.08. The minimum absolute atomic E-state index is 0.0883. The van der Waals surface area contributed by atoms with Crippen molar-refractivity contribution in [3.8, 4) is 11.5 Å². The lowest BCUT2D eigenvalue weighted by Crippen LogP contribution is -2.38. The van der Waals surface area contributed by atoms with Crippen LogP contribution in [0.15, 0.2) is 42.5 Å². The van der Waals surface area contributed by atoms with Crippen LogP contribution in [-0.2, 0) is 0 Å². The van der Waals surface area contributed by atoms with E-state index >= 15 is 0 Å². The Morgan fingerprint density at radius 3 is 2.70 bits per heavy atom. The van der Waals surface area contributed by atoms with Gasteiger partial charge in [0.25, 0.3) is 5.91 Å². The lowest BCUT2D eigenvalue weighted by Gasteiger charge is -2.28. The first-order valence-electron chi connectivity index (χ1n) is 7.70. The Morgan fingerprint density at radius 1 is 1.09 bits per heavy atom. The number of amides is 1. The van der Waals surface area contributed by atoms with E-state index in [-0.39, 0.29) is 12.1 Å². The molecule has 1 atom stereocenters. The van der Waals surface area contributed by atoms with Gasteiger partial charge in [-0.1, -0.05) is 25.1 Å². The number of para-hydroxylation sites is 1. The zero-order valence-electron chi connectivity index (χ0n) is 13.3. The van der Waals surface area contributed by atoms with Crippen LogP contribution in [0.1, 0.15) is 35.4 Å². The van der Waals surface area contributed by atoms with Crippen molar-refractivity contribution in [1.29, 1.82) is 0 Å². The summed E-state index contributed by atoms with van der Waals surface area (Å²) in [4.78, 5) is 12.2. The Hall–Kier alpha value is -2.69. The zero-order valence-corrected chi connectivity index (χ0v) is 13.3. The second-order valence-electron chi connectivity index (χ2n) is 5.36. The van der Waals surface area contributed by atoms with Crippen molar-refractivity contribution in [2.75, 3.05) is 19.0 Å². The van der Waals surface area contributed by atoms with Gasteiger partial charge in [-0.15, -0.1) is 0 Å². The van der Waals surface area contributed by atoms with Gasteiger partial charge < -0.3 is 20.1 Å². The third-order valence-electron chi connectivity index (χ3n) is 3.73. The maximum absolute atomic E-state index is 12.2. The van der Waals surface area contributed by atoms with E-state index in [4.69, 9.17) is 9.47 Å². The van der Waals surface area contributed by atoms with Gasteiger partial charge >= 0.3 is 0 Å². The number of anilines is 1. The number of nitrogens with one attached hydrogen (secondary N) is 2. The highest BCUT2D eigenvalue weighted by molar-refractivity contribution is 6.01. The van der Waals surface area contributed by atoms with Crippen LogP contribution in [0.25, 0.3) is 0 Å². The van der Waals surface area contributed by atoms with Crippen molar-refractivity contribution < 1.29 is 14.3 Å². The molecule has 0 spiro atoms. The molecule has 0 saturated carbocycles. The highest BCUT2D eigenvalue weighted by Gasteiger charge is 2.24. The minimum atomic E-state index is -0.300. The van der Waals surface area contributed by atoms with Crippen molar-refractivity contribution in [3.63, 3.8) is 0 Å². The van der Waals surface area contributed by atoms with E-state index in [0.29, 0.717) is 23.7 Å². The molecule has 5 nitrogen and oxygen atoms in total. The largest absolute Gasteiger partial charge is 0.493 e. The minimum Gasteiger partial charge on any atom is -0.493 e. The number of fused-ring (bicyclic) bond motifs is 1. The zero-order chi connectivity index (χ0) is 16.2. The van der Waals surface area contributed by atoms with Crippen LogP contribution in [0.5, 0.6) is 11.5 Å². The number of rotatable bonds is 5. The standard InChI is InChI=1S/C18H20N2O3/c1-3-10-23-15-9-8-12(11-16(15)22-2)17-19-14-7-5-4-6-13(14)18(21)20-17/h4-9,11,17,19H,3,10H2,1-2H3,(H,20,21)/t17-/m1/s1. The van der Waals surface area contributed by atoms with E-state index in [0.717, 1.165) is 17.7 Å². The van der Waals surface area contributed by atoms with Gasteiger partial charge in [0.1, 0.15) is 6.17 Å². The smallest absolute Gasteiger partial charge is 0.255 e. The second kappa shape index (κ2) is 6.60. The molecule has 0 radical (unpaired) electrons. The van der Waals surface area contributed by atoms with Crippen molar-refractivity contribution >= 4 is 11.6 Å².